The van der Waals surface area contributed by atoms with Gasteiger partial charge in [-0.1, -0.05) is 0 Å². The molecule has 1 aromatic carbocycles. The molecule has 0 spiro atoms. The number of methoxy groups -OCH3 is 2. The molecule has 5 nitrogen and oxygen atoms in total. The highest BCUT2D eigenvalue weighted by molar-refractivity contribution is 6.32. The number of hydrogen-bond donors (Lipinski definition) is 1. The van der Waals surface area contributed by atoms with Crippen LogP contribution in [0.1, 0.15) is 12.0 Å². The number of carbonyl (C=O) groups excluding carboxylic acids is 1. The second kappa shape index (κ2) is 5.89. The smallest absolute Gasteiger partial charge is 0.372 e. The van der Waals surface area contributed by atoms with Gasteiger partial charge in [0.25, 0.3) is 0 Å². The number of ketones is 1. The van der Waals surface area contributed by atoms with E-state index >= 15 is 0 Å². The Morgan fingerprint density at radius 3 is 2.47 bits per heavy atom. The molecule has 0 aromatic heterocycles. The lowest BCUT2D eigenvalue weighted by Gasteiger charge is -2.09. The summed E-state index contributed by atoms with van der Waals surface area (Å²) in [6, 6.07) is 5.19. The van der Waals surface area contributed by atoms with Crippen molar-refractivity contribution in [2.45, 2.75) is 12.8 Å². The fourth-order valence-corrected chi connectivity index (χ4v) is 1.43. The third-order valence-corrected chi connectivity index (χ3v) is 2.35. The van der Waals surface area contributed by atoms with E-state index in [4.69, 9.17) is 14.6 Å². The molecule has 0 aliphatic rings. The van der Waals surface area contributed by atoms with Crippen LogP contribution in [0.15, 0.2) is 18.2 Å². The molecule has 1 N–H and O–H groups in total. The number of benzene rings is 1. The van der Waals surface area contributed by atoms with Gasteiger partial charge >= 0.3 is 5.97 Å². The molecule has 0 bridgehead atoms. The highest BCUT2D eigenvalue weighted by Gasteiger charge is 2.13. The molecular formula is C12H14O5. The summed E-state index contributed by atoms with van der Waals surface area (Å²) in [5, 5.41) is 8.48. The maximum Gasteiger partial charge on any atom is 0.372 e. The number of rotatable bonds is 6. The van der Waals surface area contributed by atoms with E-state index in [9.17, 15) is 9.59 Å². The average molecular weight is 238 g/mol. The van der Waals surface area contributed by atoms with E-state index in [0.29, 0.717) is 17.9 Å². The highest BCUT2D eigenvalue weighted by atomic mass is 16.5. The Balaban J connectivity index is 2.81. The van der Waals surface area contributed by atoms with Gasteiger partial charge in [-0.2, -0.15) is 0 Å². The molecular weight excluding hydrogens is 224 g/mol. The molecule has 5 heteroatoms. The molecule has 0 radical (unpaired) electrons. The summed E-state index contributed by atoms with van der Waals surface area (Å²) in [6.07, 6.45) is 0.254. The lowest BCUT2D eigenvalue weighted by molar-refractivity contribution is -0.149. The van der Waals surface area contributed by atoms with E-state index in [0.717, 1.165) is 5.56 Å². The van der Waals surface area contributed by atoms with Crippen LogP contribution in [0.2, 0.25) is 0 Å². The predicted molar refractivity (Wildman–Crippen MR) is 60.5 cm³/mol. The first kappa shape index (κ1) is 13.0. The summed E-state index contributed by atoms with van der Waals surface area (Å²) in [6.45, 7) is 0. The lowest BCUT2D eigenvalue weighted by Crippen LogP contribution is -2.13. The van der Waals surface area contributed by atoms with Crippen LogP contribution < -0.4 is 9.47 Å². The third kappa shape index (κ3) is 3.48. The first-order valence-electron chi connectivity index (χ1n) is 5.05. The number of aryl methyl sites for hydroxylation is 1. The number of carboxylic acid groups (broad SMARTS) is 1. The van der Waals surface area contributed by atoms with E-state index in [1.54, 1.807) is 18.2 Å². The molecule has 0 aliphatic heterocycles. The Morgan fingerprint density at radius 2 is 1.94 bits per heavy atom. The number of carboxylic acids is 1. The van der Waals surface area contributed by atoms with Crippen LogP contribution in [0.3, 0.4) is 0 Å². The standard InChI is InChI=1S/C12H14O5/c1-16-9-4-6-11(17-2)8(7-9)3-5-10(13)12(14)15/h4,6-7H,3,5H2,1-2H3,(H,14,15). The summed E-state index contributed by atoms with van der Waals surface area (Å²) in [4.78, 5) is 21.4. The monoisotopic (exact) mass is 238 g/mol. The molecule has 0 saturated heterocycles. The van der Waals surface area contributed by atoms with Crippen LogP contribution in [-0.2, 0) is 16.0 Å². The molecule has 0 aliphatic carbocycles. The number of carbonyl (C=O) groups is 2. The van der Waals surface area contributed by atoms with Crippen molar-refractivity contribution >= 4 is 11.8 Å². The molecule has 0 unspecified atom stereocenters. The van der Waals surface area contributed by atoms with Gasteiger partial charge in [0, 0.05) is 6.42 Å². The van der Waals surface area contributed by atoms with Crippen molar-refractivity contribution in [3.63, 3.8) is 0 Å². The Morgan fingerprint density at radius 1 is 1.24 bits per heavy atom. The van der Waals surface area contributed by atoms with E-state index in [-0.39, 0.29) is 6.42 Å². The lowest BCUT2D eigenvalue weighted by atomic mass is 10.1. The molecule has 1 rings (SSSR count). The average Bonchev–Trinajstić information content (AvgIpc) is 2.35. The number of hydrogen-bond acceptors (Lipinski definition) is 4. The van der Waals surface area contributed by atoms with Gasteiger partial charge in [-0.05, 0) is 30.2 Å². The zero-order valence-electron chi connectivity index (χ0n) is 9.73. The van der Waals surface area contributed by atoms with Crippen molar-refractivity contribution < 1.29 is 24.2 Å². The highest BCUT2D eigenvalue weighted by Crippen LogP contribution is 2.25. The fraction of sp³-hybridized carbons (Fsp3) is 0.333. The predicted octanol–water partition coefficient (Wildman–Crippen LogP) is 1.29. The van der Waals surface area contributed by atoms with Crippen molar-refractivity contribution in [2.75, 3.05) is 14.2 Å². The van der Waals surface area contributed by atoms with Crippen LogP contribution in [0, 0.1) is 0 Å². The molecule has 92 valence electrons. The fourth-order valence-electron chi connectivity index (χ4n) is 1.43. The van der Waals surface area contributed by atoms with Crippen LogP contribution >= 0.6 is 0 Å². The van der Waals surface area contributed by atoms with Crippen LogP contribution in [-0.4, -0.2) is 31.1 Å². The number of aliphatic carboxylic acids is 1. The van der Waals surface area contributed by atoms with Crippen molar-refractivity contribution in [3.05, 3.63) is 23.8 Å². The normalized spacial score (nSPS) is 9.76. The van der Waals surface area contributed by atoms with E-state index in [1.165, 1.54) is 14.2 Å². The minimum atomic E-state index is -1.41. The van der Waals surface area contributed by atoms with Crippen LogP contribution in [0.25, 0.3) is 0 Å². The Labute approximate surface area is 99.0 Å². The zero-order valence-corrected chi connectivity index (χ0v) is 9.73. The molecule has 0 saturated carbocycles. The van der Waals surface area contributed by atoms with Crippen LogP contribution in [0.4, 0.5) is 0 Å². The van der Waals surface area contributed by atoms with Gasteiger partial charge in [0.05, 0.1) is 14.2 Å². The van der Waals surface area contributed by atoms with E-state index in [2.05, 4.69) is 0 Å². The van der Waals surface area contributed by atoms with E-state index in [1.807, 2.05) is 0 Å². The van der Waals surface area contributed by atoms with Gasteiger partial charge in [-0.25, -0.2) is 4.79 Å². The summed E-state index contributed by atoms with van der Waals surface area (Å²) < 4.78 is 10.2. The van der Waals surface area contributed by atoms with Gasteiger partial charge < -0.3 is 14.6 Å². The maximum absolute atomic E-state index is 11.0. The first-order valence-corrected chi connectivity index (χ1v) is 5.05. The molecule has 1 aromatic rings. The summed E-state index contributed by atoms with van der Waals surface area (Å²) in [7, 11) is 3.05. The molecule has 0 atom stereocenters. The third-order valence-electron chi connectivity index (χ3n) is 2.35. The second-order valence-corrected chi connectivity index (χ2v) is 3.41. The van der Waals surface area contributed by atoms with Crippen molar-refractivity contribution in [1.29, 1.82) is 0 Å². The van der Waals surface area contributed by atoms with Gasteiger partial charge in [-0.3, -0.25) is 4.79 Å². The zero-order chi connectivity index (χ0) is 12.8. The molecule has 0 amide bonds. The van der Waals surface area contributed by atoms with Gasteiger partial charge in [0.15, 0.2) is 0 Å². The van der Waals surface area contributed by atoms with Gasteiger partial charge in [0.2, 0.25) is 5.78 Å². The SMILES string of the molecule is COc1ccc(OC)c(CCC(=O)C(=O)O)c1. The molecule has 0 fully saturated rings. The Bertz CT molecular complexity index is 425. The topological polar surface area (TPSA) is 72.8 Å². The minimum absolute atomic E-state index is 0.0567. The van der Waals surface area contributed by atoms with Crippen LogP contribution in [0.5, 0.6) is 11.5 Å². The van der Waals surface area contributed by atoms with Gasteiger partial charge in [-0.15, -0.1) is 0 Å². The minimum Gasteiger partial charge on any atom is -0.497 e. The van der Waals surface area contributed by atoms with Gasteiger partial charge in [0.1, 0.15) is 11.5 Å². The first-order chi connectivity index (χ1) is 8.08. The largest absolute Gasteiger partial charge is 0.497 e. The Hall–Kier alpha value is -2.04. The van der Waals surface area contributed by atoms with E-state index < -0.39 is 11.8 Å². The van der Waals surface area contributed by atoms with Crippen molar-refractivity contribution in [3.8, 4) is 11.5 Å². The van der Waals surface area contributed by atoms with Crippen molar-refractivity contribution in [2.24, 2.45) is 0 Å². The summed E-state index contributed by atoms with van der Waals surface area (Å²) in [5.74, 6) is -0.964. The van der Waals surface area contributed by atoms with Crippen molar-refractivity contribution in [1.82, 2.24) is 0 Å². The quantitative estimate of drug-likeness (QED) is 0.756. The molecule has 17 heavy (non-hydrogen) atoms. The summed E-state index contributed by atoms with van der Waals surface area (Å²) >= 11 is 0. The maximum atomic E-state index is 11.0. The Kier molecular flexibility index (Phi) is 4.51. The number of Topliss-reactive ketones (excluding diaryl/α,β-unsaturated/α-hetero) is 1. The second-order valence-electron chi connectivity index (χ2n) is 3.41. The number of ether oxygens (including phenoxy) is 2. The summed E-state index contributed by atoms with van der Waals surface area (Å²) in [5.41, 5.74) is 0.751. The molecule has 0 heterocycles.